The predicted molar refractivity (Wildman–Crippen MR) is 118 cm³/mol. The summed E-state index contributed by atoms with van der Waals surface area (Å²) < 4.78 is 18.1. The van der Waals surface area contributed by atoms with Crippen molar-refractivity contribution in [3.63, 3.8) is 0 Å². The van der Waals surface area contributed by atoms with Crippen LogP contribution in [0.1, 0.15) is 37.8 Å². The summed E-state index contributed by atoms with van der Waals surface area (Å²) in [5.74, 6) is 1.94. The Labute approximate surface area is 180 Å². The maximum absolute atomic E-state index is 12.5. The second-order valence-corrected chi connectivity index (χ2v) is 7.77. The fourth-order valence-electron chi connectivity index (χ4n) is 3.73. The van der Waals surface area contributed by atoms with Gasteiger partial charge in [-0.3, -0.25) is 9.59 Å². The number of aromatic nitrogens is 1. The maximum atomic E-state index is 12.5. The van der Waals surface area contributed by atoms with Crippen molar-refractivity contribution < 1.29 is 19.0 Å². The van der Waals surface area contributed by atoms with E-state index in [1.54, 1.807) is 10.6 Å². The van der Waals surface area contributed by atoms with Crippen molar-refractivity contribution >= 4 is 16.8 Å². The molecule has 0 aliphatic carbocycles. The molecule has 31 heavy (non-hydrogen) atoms. The highest BCUT2D eigenvalue weighted by Crippen LogP contribution is 2.32. The number of carbonyl (C=O) groups is 1. The summed E-state index contributed by atoms with van der Waals surface area (Å²) in [6.45, 7) is 7.11. The lowest BCUT2D eigenvalue weighted by Gasteiger charge is -2.15. The van der Waals surface area contributed by atoms with E-state index in [-0.39, 0.29) is 30.8 Å². The van der Waals surface area contributed by atoms with Crippen molar-refractivity contribution in [1.82, 2.24) is 9.88 Å². The summed E-state index contributed by atoms with van der Waals surface area (Å²) in [5, 5.41) is 3.86. The Kier molecular flexibility index (Phi) is 5.84. The van der Waals surface area contributed by atoms with Crippen LogP contribution in [0, 0.1) is 0 Å². The van der Waals surface area contributed by atoms with E-state index in [2.05, 4.69) is 19.2 Å². The van der Waals surface area contributed by atoms with Gasteiger partial charge in [-0.15, -0.1) is 0 Å². The van der Waals surface area contributed by atoms with E-state index >= 15 is 0 Å². The average molecular weight is 422 g/mol. The van der Waals surface area contributed by atoms with Crippen molar-refractivity contribution in [2.24, 2.45) is 0 Å². The highest BCUT2D eigenvalue weighted by atomic mass is 16.7. The molecule has 3 aromatic rings. The van der Waals surface area contributed by atoms with Crippen LogP contribution in [0.25, 0.3) is 10.9 Å². The van der Waals surface area contributed by atoms with Gasteiger partial charge in [0.1, 0.15) is 5.75 Å². The molecule has 0 bridgehead atoms. The minimum Gasteiger partial charge on any atom is -0.484 e. The van der Waals surface area contributed by atoms with Crippen LogP contribution >= 0.6 is 0 Å². The molecular formula is C24H26N2O5. The molecule has 0 saturated carbocycles. The first kappa shape index (κ1) is 20.8. The fourth-order valence-corrected chi connectivity index (χ4v) is 3.73. The lowest BCUT2D eigenvalue weighted by atomic mass is 9.98. The summed E-state index contributed by atoms with van der Waals surface area (Å²) in [5.41, 5.74) is 2.71. The van der Waals surface area contributed by atoms with Gasteiger partial charge in [0.05, 0.1) is 5.52 Å². The number of ether oxygens (including phenoxy) is 3. The van der Waals surface area contributed by atoms with Crippen molar-refractivity contribution in [3.8, 4) is 17.2 Å². The number of hydrogen-bond acceptors (Lipinski definition) is 5. The van der Waals surface area contributed by atoms with Crippen LogP contribution in [0.3, 0.4) is 0 Å². The summed E-state index contributed by atoms with van der Waals surface area (Å²) >= 11 is 0. The highest BCUT2D eigenvalue weighted by Gasteiger charge is 2.14. The minimum atomic E-state index is -0.235. The summed E-state index contributed by atoms with van der Waals surface area (Å²) in [7, 11) is 0. The van der Waals surface area contributed by atoms with Gasteiger partial charge in [0.25, 0.3) is 11.5 Å². The summed E-state index contributed by atoms with van der Waals surface area (Å²) in [6.07, 6.45) is 0. The molecular weight excluding hydrogens is 396 g/mol. The molecule has 0 spiro atoms. The largest absolute Gasteiger partial charge is 0.484 e. The third kappa shape index (κ3) is 4.35. The van der Waals surface area contributed by atoms with Crippen molar-refractivity contribution in [1.29, 1.82) is 0 Å². The van der Waals surface area contributed by atoms with E-state index < -0.39 is 0 Å². The minimum absolute atomic E-state index is 0.0303. The average Bonchev–Trinajstić information content (AvgIpc) is 3.23. The normalized spacial score (nSPS) is 12.4. The van der Waals surface area contributed by atoms with Crippen molar-refractivity contribution in [2.45, 2.75) is 39.8 Å². The lowest BCUT2D eigenvalue weighted by molar-refractivity contribution is -0.123. The molecule has 1 aromatic heterocycles. The number of amides is 1. The molecule has 7 nitrogen and oxygen atoms in total. The Morgan fingerprint density at radius 2 is 1.94 bits per heavy atom. The van der Waals surface area contributed by atoms with Gasteiger partial charge in [-0.05, 0) is 48.2 Å². The topological polar surface area (TPSA) is 78.8 Å². The van der Waals surface area contributed by atoms with Gasteiger partial charge < -0.3 is 24.1 Å². The van der Waals surface area contributed by atoms with E-state index in [0.717, 1.165) is 22.0 Å². The Bertz CT molecular complexity index is 1180. The van der Waals surface area contributed by atoms with Crippen LogP contribution in [0.15, 0.2) is 47.3 Å². The molecule has 0 radical (unpaired) electrons. The first-order chi connectivity index (χ1) is 15.0. The van der Waals surface area contributed by atoms with E-state index in [1.165, 1.54) is 0 Å². The molecule has 1 N–H and O–H groups in total. The molecule has 162 valence electrons. The van der Waals surface area contributed by atoms with Gasteiger partial charge in [0.15, 0.2) is 18.1 Å². The van der Waals surface area contributed by atoms with Gasteiger partial charge in [0.2, 0.25) is 6.79 Å². The Balaban J connectivity index is 1.43. The maximum Gasteiger partial charge on any atom is 0.258 e. The van der Waals surface area contributed by atoms with Gasteiger partial charge in [-0.1, -0.05) is 19.9 Å². The van der Waals surface area contributed by atoms with Crippen molar-refractivity contribution in [3.05, 3.63) is 63.9 Å². The number of nitrogens with one attached hydrogen (secondary N) is 1. The molecule has 2 aromatic carbocycles. The second kappa shape index (κ2) is 8.71. The van der Waals surface area contributed by atoms with Gasteiger partial charge >= 0.3 is 0 Å². The molecule has 0 saturated heterocycles. The second-order valence-electron chi connectivity index (χ2n) is 7.77. The fraction of sp³-hybridized carbons (Fsp3) is 0.333. The number of hydrogen-bond donors (Lipinski definition) is 1. The molecule has 1 amide bonds. The predicted octanol–water partition coefficient (Wildman–Crippen LogP) is 3.57. The number of fused-ring (bicyclic) bond motifs is 2. The Morgan fingerprint density at radius 1 is 1.13 bits per heavy atom. The zero-order valence-electron chi connectivity index (χ0n) is 17.9. The molecule has 4 rings (SSSR count). The van der Waals surface area contributed by atoms with E-state index in [4.69, 9.17) is 14.2 Å². The van der Waals surface area contributed by atoms with Crippen LogP contribution in [0.4, 0.5) is 0 Å². The first-order valence-electron chi connectivity index (χ1n) is 10.4. The molecule has 0 fully saturated rings. The first-order valence-corrected chi connectivity index (χ1v) is 10.4. The number of benzene rings is 2. The Morgan fingerprint density at radius 3 is 2.71 bits per heavy atom. The number of nitrogens with zero attached hydrogens (tertiary/aromatic N) is 1. The smallest absolute Gasteiger partial charge is 0.258 e. The molecule has 0 unspecified atom stereocenters. The number of carbonyl (C=O) groups excluding carboxylic acids is 1. The standard InChI is InChI=1S/C24H26N2O5/c1-4-26-20-10-17(6-7-18(20)19(15(2)3)11-24(26)28)29-13-23(27)25-12-16-5-8-21-22(9-16)31-14-30-21/h5-11,15H,4,12-14H2,1-3H3,(H,25,27). The monoisotopic (exact) mass is 422 g/mol. The molecule has 0 atom stereocenters. The molecule has 2 heterocycles. The number of rotatable bonds is 7. The molecule has 1 aliphatic heterocycles. The third-order valence-electron chi connectivity index (χ3n) is 5.35. The van der Waals surface area contributed by atoms with E-state index in [9.17, 15) is 9.59 Å². The van der Waals surface area contributed by atoms with E-state index in [0.29, 0.717) is 30.3 Å². The van der Waals surface area contributed by atoms with Crippen molar-refractivity contribution in [2.75, 3.05) is 13.4 Å². The Hall–Kier alpha value is -3.48. The van der Waals surface area contributed by atoms with Crippen LogP contribution in [0.5, 0.6) is 17.2 Å². The number of aryl methyl sites for hydroxylation is 1. The summed E-state index contributed by atoms with van der Waals surface area (Å²) in [6, 6.07) is 12.9. The zero-order valence-corrected chi connectivity index (χ0v) is 17.9. The zero-order chi connectivity index (χ0) is 22.0. The van der Waals surface area contributed by atoms with Gasteiger partial charge in [-0.2, -0.15) is 0 Å². The van der Waals surface area contributed by atoms with Crippen LogP contribution in [-0.4, -0.2) is 23.9 Å². The van der Waals surface area contributed by atoms with Crippen LogP contribution in [0.2, 0.25) is 0 Å². The lowest BCUT2D eigenvalue weighted by Crippen LogP contribution is -2.28. The molecule has 1 aliphatic rings. The third-order valence-corrected chi connectivity index (χ3v) is 5.35. The highest BCUT2D eigenvalue weighted by molar-refractivity contribution is 5.84. The van der Waals surface area contributed by atoms with Gasteiger partial charge in [-0.25, -0.2) is 0 Å². The SMILES string of the molecule is CCn1c(=O)cc(C(C)C)c2ccc(OCC(=O)NCc3ccc4c(c3)OCO4)cc21. The van der Waals surface area contributed by atoms with Gasteiger partial charge in [0, 0.05) is 30.6 Å². The number of pyridine rings is 1. The van der Waals surface area contributed by atoms with E-state index in [1.807, 2.05) is 43.3 Å². The van der Waals surface area contributed by atoms with Crippen LogP contribution < -0.4 is 25.1 Å². The summed E-state index contributed by atoms with van der Waals surface area (Å²) in [4.78, 5) is 24.8. The van der Waals surface area contributed by atoms with Crippen LogP contribution in [-0.2, 0) is 17.9 Å². The molecule has 7 heteroatoms. The quantitative estimate of drug-likeness (QED) is 0.630.